The normalized spacial score (nSPS) is 17.6. The minimum Gasteiger partial charge on any atom is -0.504 e. The van der Waals surface area contributed by atoms with Crippen LogP contribution in [0.3, 0.4) is 0 Å². The maximum absolute atomic E-state index is 10.2. The van der Waals surface area contributed by atoms with Crippen LogP contribution in [0.2, 0.25) is 0 Å². The van der Waals surface area contributed by atoms with Gasteiger partial charge in [0.25, 0.3) is 0 Å². The van der Waals surface area contributed by atoms with E-state index in [4.69, 9.17) is 19.2 Å². The quantitative estimate of drug-likeness (QED) is 0.395. The summed E-state index contributed by atoms with van der Waals surface area (Å²) < 4.78 is 15.8. The topological polar surface area (TPSA) is 75.6 Å². The van der Waals surface area contributed by atoms with E-state index >= 15 is 0 Å². The van der Waals surface area contributed by atoms with Crippen LogP contribution in [-0.4, -0.2) is 69.6 Å². The van der Waals surface area contributed by atoms with Crippen molar-refractivity contribution in [3.63, 3.8) is 0 Å². The van der Waals surface area contributed by atoms with E-state index in [2.05, 4.69) is 17.1 Å². The van der Waals surface area contributed by atoms with Gasteiger partial charge in [-0.1, -0.05) is 12.1 Å². The number of benzene rings is 1. The van der Waals surface area contributed by atoms with Gasteiger partial charge < -0.3 is 29.5 Å². The zero-order chi connectivity index (χ0) is 18.8. The predicted octanol–water partition coefficient (Wildman–Crippen LogP) is 1.85. The van der Waals surface area contributed by atoms with Gasteiger partial charge in [-0.25, -0.2) is 4.99 Å². The Labute approximate surface area is 156 Å². The zero-order valence-corrected chi connectivity index (χ0v) is 16.0. The molecule has 1 aromatic rings. The molecule has 2 rings (SSSR count). The third-order valence-electron chi connectivity index (χ3n) is 4.41. The highest BCUT2D eigenvalue weighted by Gasteiger charge is 2.25. The molecule has 0 spiro atoms. The Balaban J connectivity index is 1.95. The highest BCUT2D eigenvalue weighted by atomic mass is 16.5. The number of rotatable bonds is 9. The number of nitrogens with zero attached hydrogens (tertiary/aromatic N) is 2. The van der Waals surface area contributed by atoms with Crippen LogP contribution in [0.1, 0.15) is 18.9 Å². The number of guanidine groups is 1. The van der Waals surface area contributed by atoms with Crippen molar-refractivity contribution < 1.29 is 19.3 Å². The smallest absolute Gasteiger partial charge is 0.194 e. The molecule has 0 saturated carbocycles. The van der Waals surface area contributed by atoms with Gasteiger partial charge in [0.2, 0.25) is 0 Å². The monoisotopic (exact) mass is 365 g/mol. The Morgan fingerprint density at radius 3 is 2.92 bits per heavy atom. The van der Waals surface area contributed by atoms with E-state index in [0.717, 1.165) is 44.2 Å². The van der Waals surface area contributed by atoms with Crippen molar-refractivity contribution in [2.75, 3.05) is 53.7 Å². The summed E-state index contributed by atoms with van der Waals surface area (Å²) >= 11 is 0. The van der Waals surface area contributed by atoms with Crippen molar-refractivity contribution in [2.45, 2.75) is 19.9 Å². The number of phenolic OH excluding ortho intramolecular Hbond substituents is 1. The fourth-order valence-electron chi connectivity index (χ4n) is 3.00. The molecule has 0 bridgehead atoms. The molecule has 1 unspecified atom stereocenters. The van der Waals surface area contributed by atoms with Crippen LogP contribution >= 0.6 is 0 Å². The van der Waals surface area contributed by atoms with Gasteiger partial charge in [-0.15, -0.1) is 0 Å². The lowest BCUT2D eigenvalue weighted by atomic mass is 10.1. The van der Waals surface area contributed by atoms with Gasteiger partial charge in [-0.05, 0) is 19.4 Å². The standard InChI is InChI=1S/C19H31N3O4/c1-4-20-19(21-12-16-6-5-7-17(25-3)18(16)23)22-9-8-15(13-22)14-26-11-10-24-2/h5-7,15,23H,4,8-14H2,1-3H3,(H,20,21). The average molecular weight is 365 g/mol. The van der Waals surface area contributed by atoms with E-state index in [-0.39, 0.29) is 5.75 Å². The molecular weight excluding hydrogens is 334 g/mol. The van der Waals surface area contributed by atoms with Crippen LogP contribution in [0.15, 0.2) is 23.2 Å². The molecule has 2 N–H and O–H groups in total. The van der Waals surface area contributed by atoms with Gasteiger partial charge in [0.15, 0.2) is 17.5 Å². The predicted molar refractivity (Wildman–Crippen MR) is 102 cm³/mol. The van der Waals surface area contributed by atoms with Crippen LogP contribution in [0, 0.1) is 5.92 Å². The van der Waals surface area contributed by atoms with E-state index in [1.54, 1.807) is 20.3 Å². The number of methoxy groups -OCH3 is 2. The van der Waals surface area contributed by atoms with E-state index in [9.17, 15) is 5.11 Å². The van der Waals surface area contributed by atoms with Gasteiger partial charge in [0.05, 0.1) is 33.5 Å². The molecule has 1 aliphatic heterocycles. The van der Waals surface area contributed by atoms with Crippen molar-refractivity contribution in [3.8, 4) is 11.5 Å². The second kappa shape index (κ2) is 10.9. The summed E-state index contributed by atoms with van der Waals surface area (Å²) in [6.07, 6.45) is 1.09. The third kappa shape index (κ3) is 5.78. The molecule has 1 heterocycles. The van der Waals surface area contributed by atoms with Gasteiger partial charge in [0.1, 0.15) is 0 Å². The molecular formula is C19H31N3O4. The van der Waals surface area contributed by atoms with E-state index < -0.39 is 0 Å². The Kier molecular flexibility index (Phi) is 8.50. The SMILES string of the molecule is CCNC(=NCc1cccc(OC)c1O)N1CCC(COCCOC)C1. The van der Waals surface area contributed by atoms with Gasteiger partial charge >= 0.3 is 0 Å². The Morgan fingerprint density at radius 1 is 1.35 bits per heavy atom. The summed E-state index contributed by atoms with van der Waals surface area (Å²) in [6.45, 7) is 7.14. The number of ether oxygens (including phenoxy) is 3. The minimum atomic E-state index is 0.153. The van der Waals surface area contributed by atoms with Crippen LogP contribution in [0.5, 0.6) is 11.5 Å². The van der Waals surface area contributed by atoms with Crippen molar-refractivity contribution in [3.05, 3.63) is 23.8 Å². The maximum atomic E-state index is 10.2. The second-order valence-corrected chi connectivity index (χ2v) is 6.31. The molecule has 0 radical (unpaired) electrons. The molecule has 146 valence electrons. The summed E-state index contributed by atoms with van der Waals surface area (Å²) in [6, 6.07) is 5.46. The number of likely N-dealkylation sites (tertiary alicyclic amines) is 1. The molecule has 1 atom stereocenters. The number of aliphatic imine (C=N–C) groups is 1. The molecule has 0 amide bonds. The average Bonchev–Trinajstić information content (AvgIpc) is 3.12. The first-order valence-electron chi connectivity index (χ1n) is 9.14. The van der Waals surface area contributed by atoms with Gasteiger partial charge in [-0.2, -0.15) is 0 Å². The molecule has 7 heteroatoms. The first-order chi connectivity index (χ1) is 12.7. The zero-order valence-electron chi connectivity index (χ0n) is 16.0. The summed E-state index contributed by atoms with van der Waals surface area (Å²) in [5.41, 5.74) is 0.749. The second-order valence-electron chi connectivity index (χ2n) is 6.31. The molecule has 7 nitrogen and oxygen atoms in total. The number of aromatic hydroxyl groups is 1. The molecule has 1 fully saturated rings. The lowest BCUT2D eigenvalue weighted by Crippen LogP contribution is -2.40. The molecule has 1 aliphatic rings. The van der Waals surface area contributed by atoms with E-state index in [1.807, 2.05) is 12.1 Å². The number of phenols is 1. The van der Waals surface area contributed by atoms with E-state index in [1.165, 1.54) is 0 Å². The van der Waals surface area contributed by atoms with Crippen LogP contribution in [0.25, 0.3) is 0 Å². The molecule has 0 aromatic heterocycles. The fraction of sp³-hybridized carbons (Fsp3) is 0.632. The van der Waals surface area contributed by atoms with Crippen molar-refractivity contribution in [2.24, 2.45) is 10.9 Å². The van der Waals surface area contributed by atoms with Crippen molar-refractivity contribution >= 4 is 5.96 Å². The van der Waals surface area contributed by atoms with Crippen LogP contribution < -0.4 is 10.1 Å². The summed E-state index contributed by atoms with van der Waals surface area (Å²) in [7, 11) is 3.23. The Bertz CT molecular complexity index is 580. The minimum absolute atomic E-state index is 0.153. The lowest BCUT2D eigenvalue weighted by molar-refractivity contribution is 0.0536. The first-order valence-corrected chi connectivity index (χ1v) is 9.14. The van der Waals surface area contributed by atoms with Crippen molar-refractivity contribution in [1.82, 2.24) is 10.2 Å². The molecule has 1 aromatic carbocycles. The molecule has 0 aliphatic carbocycles. The largest absolute Gasteiger partial charge is 0.504 e. The summed E-state index contributed by atoms with van der Waals surface area (Å²) in [5, 5.41) is 13.6. The summed E-state index contributed by atoms with van der Waals surface area (Å²) in [5.74, 6) is 1.99. The lowest BCUT2D eigenvalue weighted by Gasteiger charge is -2.22. The van der Waals surface area contributed by atoms with Crippen LogP contribution in [0.4, 0.5) is 0 Å². The number of para-hydroxylation sites is 1. The Hall–Kier alpha value is -1.99. The highest BCUT2D eigenvalue weighted by Crippen LogP contribution is 2.29. The fourth-order valence-corrected chi connectivity index (χ4v) is 3.00. The highest BCUT2D eigenvalue weighted by molar-refractivity contribution is 5.80. The van der Waals surface area contributed by atoms with Gasteiger partial charge in [0, 0.05) is 38.2 Å². The van der Waals surface area contributed by atoms with E-state index in [0.29, 0.717) is 31.4 Å². The first kappa shape index (κ1) is 20.3. The van der Waals surface area contributed by atoms with Gasteiger partial charge in [-0.3, -0.25) is 0 Å². The van der Waals surface area contributed by atoms with Crippen LogP contribution in [-0.2, 0) is 16.0 Å². The third-order valence-corrected chi connectivity index (χ3v) is 4.41. The van der Waals surface area contributed by atoms with Crippen molar-refractivity contribution in [1.29, 1.82) is 0 Å². The molecule has 1 saturated heterocycles. The number of nitrogens with one attached hydrogen (secondary N) is 1. The Morgan fingerprint density at radius 2 is 2.19 bits per heavy atom. The molecule has 26 heavy (non-hydrogen) atoms. The number of hydrogen-bond acceptors (Lipinski definition) is 5. The summed E-state index contributed by atoms with van der Waals surface area (Å²) in [4.78, 5) is 6.96. The maximum Gasteiger partial charge on any atom is 0.194 e. The number of hydrogen-bond donors (Lipinski definition) is 2.